The molecule has 0 radical (unpaired) electrons. The SMILES string of the molecule is Bc1cnc(C)cn1. The molecule has 1 heterocycles. The molecular formula is C5H7BN2. The second-order valence-corrected chi connectivity index (χ2v) is 1.80. The van der Waals surface area contributed by atoms with Crippen LogP contribution in [0.5, 0.6) is 0 Å². The van der Waals surface area contributed by atoms with E-state index in [1.54, 1.807) is 12.4 Å². The minimum atomic E-state index is 0.968. The number of nitrogens with zero attached hydrogens (tertiary/aromatic N) is 2. The molecule has 1 aromatic heterocycles. The summed E-state index contributed by atoms with van der Waals surface area (Å²) in [7, 11) is 1.92. The molecule has 0 N–H and O–H groups in total. The third-order valence-electron chi connectivity index (χ3n) is 0.910. The van der Waals surface area contributed by atoms with E-state index in [1.807, 2.05) is 14.8 Å². The van der Waals surface area contributed by atoms with Crippen molar-refractivity contribution < 1.29 is 0 Å². The molecule has 8 heavy (non-hydrogen) atoms. The maximum absolute atomic E-state index is 4.02. The molecule has 0 aliphatic carbocycles. The molecule has 0 fully saturated rings. The van der Waals surface area contributed by atoms with E-state index in [9.17, 15) is 0 Å². The molecule has 2 nitrogen and oxygen atoms in total. The smallest absolute Gasteiger partial charge is 0.166 e. The van der Waals surface area contributed by atoms with Gasteiger partial charge in [0.15, 0.2) is 7.85 Å². The Labute approximate surface area is 49.4 Å². The van der Waals surface area contributed by atoms with Gasteiger partial charge in [-0.1, -0.05) is 0 Å². The molecule has 0 unspecified atom stereocenters. The Morgan fingerprint density at radius 1 is 1.38 bits per heavy atom. The summed E-state index contributed by atoms with van der Waals surface area (Å²) in [5.41, 5.74) is 1.94. The highest BCUT2D eigenvalue weighted by Crippen LogP contribution is 1.79. The monoisotopic (exact) mass is 106 g/mol. The van der Waals surface area contributed by atoms with Gasteiger partial charge < -0.3 is 0 Å². The lowest BCUT2D eigenvalue weighted by molar-refractivity contribution is 1.14. The largest absolute Gasteiger partial charge is 0.269 e. The molecule has 1 aromatic rings. The first-order chi connectivity index (χ1) is 3.79. The topological polar surface area (TPSA) is 25.8 Å². The van der Waals surface area contributed by atoms with Gasteiger partial charge in [-0.25, -0.2) is 0 Å². The van der Waals surface area contributed by atoms with Crippen molar-refractivity contribution in [2.24, 2.45) is 0 Å². The van der Waals surface area contributed by atoms with Crippen LogP contribution < -0.4 is 5.59 Å². The number of rotatable bonds is 0. The van der Waals surface area contributed by atoms with E-state index >= 15 is 0 Å². The molecule has 0 atom stereocenters. The quantitative estimate of drug-likeness (QED) is 0.398. The fourth-order valence-corrected chi connectivity index (χ4v) is 0.457. The van der Waals surface area contributed by atoms with Gasteiger partial charge in [-0.05, 0) is 6.92 Å². The molecule has 0 bridgehead atoms. The third-order valence-corrected chi connectivity index (χ3v) is 0.910. The first kappa shape index (κ1) is 5.28. The highest BCUT2D eigenvalue weighted by molar-refractivity contribution is 6.30. The average molecular weight is 106 g/mol. The predicted octanol–water partition coefficient (Wildman–Crippen LogP) is -0.957. The van der Waals surface area contributed by atoms with Crippen LogP contribution >= 0.6 is 0 Å². The molecule has 0 saturated heterocycles. The summed E-state index contributed by atoms with van der Waals surface area (Å²) in [6.45, 7) is 1.92. The molecule has 0 aliphatic rings. The molecule has 0 saturated carbocycles. The van der Waals surface area contributed by atoms with E-state index in [1.165, 1.54) is 0 Å². The van der Waals surface area contributed by atoms with E-state index in [4.69, 9.17) is 0 Å². The number of hydrogen-bond acceptors (Lipinski definition) is 2. The zero-order chi connectivity index (χ0) is 5.98. The van der Waals surface area contributed by atoms with Crippen LogP contribution in [0.3, 0.4) is 0 Å². The molecule has 0 aliphatic heterocycles. The highest BCUT2D eigenvalue weighted by Gasteiger charge is 1.82. The lowest BCUT2D eigenvalue weighted by atomic mass is 10.1. The van der Waals surface area contributed by atoms with Gasteiger partial charge in [0.25, 0.3) is 0 Å². The van der Waals surface area contributed by atoms with Gasteiger partial charge >= 0.3 is 0 Å². The summed E-state index contributed by atoms with van der Waals surface area (Å²) >= 11 is 0. The van der Waals surface area contributed by atoms with Crippen molar-refractivity contribution in [2.75, 3.05) is 0 Å². The maximum atomic E-state index is 4.02. The van der Waals surface area contributed by atoms with Gasteiger partial charge in [-0.15, -0.1) is 0 Å². The van der Waals surface area contributed by atoms with Crippen molar-refractivity contribution in [3.63, 3.8) is 0 Å². The Morgan fingerprint density at radius 2 is 2.12 bits per heavy atom. The Morgan fingerprint density at radius 3 is 2.50 bits per heavy atom. The van der Waals surface area contributed by atoms with Gasteiger partial charge in [0.2, 0.25) is 0 Å². The van der Waals surface area contributed by atoms with Crippen molar-refractivity contribution in [3.8, 4) is 0 Å². The average Bonchev–Trinajstić information content (AvgIpc) is 1.77. The summed E-state index contributed by atoms with van der Waals surface area (Å²) in [6.07, 6.45) is 3.52. The van der Waals surface area contributed by atoms with E-state index in [2.05, 4.69) is 9.97 Å². The van der Waals surface area contributed by atoms with E-state index < -0.39 is 0 Å². The van der Waals surface area contributed by atoms with Crippen LogP contribution in [0, 0.1) is 6.92 Å². The predicted molar refractivity (Wildman–Crippen MR) is 34.9 cm³/mol. The minimum Gasteiger partial charge on any atom is -0.269 e. The molecule has 0 amide bonds. The summed E-state index contributed by atoms with van der Waals surface area (Å²) in [5, 5.41) is 0. The van der Waals surface area contributed by atoms with Crippen molar-refractivity contribution in [2.45, 2.75) is 6.92 Å². The van der Waals surface area contributed by atoms with Crippen LogP contribution in [-0.2, 0) is 0 Å². The lowest BCUT2D eigenvalue weighted by Crippen LogP contribution is -2.07. The lowest BCUT2D eigenvalue weighted by Gasteiger charge is -1.88. The first-order valence-corrected chi connectivity index (χ1v) is 2.54. The highest BCUT2D eigenvalue weighted by atomic mass is 14.8. The Bertz CT molecular complexity index is 149. The standard InChI is InChI=1S/C5H7BN2/c1-4-2-8-5(6)3-7-4/h2-3H,6H2,1H3. The van der Waals surface area contributed by atoms with Crippen LogP contribution in [0.2, 0.25) is 0 Å². The minimum absolute atomic E-state index is 0.968. The van der Waals surface area contributed by atoms with Crippen molar-refractivity contribution in [1.29, 1.82) is 0 Å². The maximum Gasteiger partial charge on any atom is 0.166 e. The summed E-state index contributed by atoms with van der Waals surface area (Å²) in [5.74, 6) is 0. The van der Waals surface area contributed by atoms with Crippen LogP contribution in [-0.4, -0.2) is 17.8 Å². The van der Waals surface area contributed by atoms with Gasteiger partial charge in [0.05, 0.1) is 5.69 Å². The molecule has 0 spiro atoms. The molecule has 0 aromatic carbocycles. The molecule has 1 rings (SSSR count). The fourth-order valence-electron chi connectivity index (χ4n) is 0.457. The molecule has 40 valence electrons. The van der Waals surface area contributed by atoms with Crippen molar-refractivity contribution in [3.05, 3.63) is 18.1 Å². The summed E-state index contributed by atoms with van der Waals surface area (Å²) in [6, 6.07) is 0. The second-order valence-electron chi connectivity index (χ2n) is 1.80. The van der Waals surface area contributed by atoms with Crippen molar-refractivity contribution in [1.82, 2.24) is 9.97 Å². The molecular weight excluding hydrogens is 98.9 g/mol. The molecule has 3 heteroatoms. The van der Waals surface area contributed by atoms with E-state index in [0.29, 0.717) is 0 Å². The Hall–Kier alpha value is -0.855. The summed E-state index contributed by atoms with van der Waals surface area (Å²) in [4.78, 5) is 8.03. The number of aryl methyl sites for hydroxylation is 1. The fraction of sp³-hybridized carbons (Fsp3) is 0.200. The van der Waals surface area contributed by atoms with Gasteiger partial charge in [0, 0.05) is 18.0 Å². The van der Waals surface area contributed by atoms with E-state index in [0.717, 1.165) is 11.3 Å². The first-order valence-electron chi connectivity index (χ1n) is 2.54. The van der Waals surface area contributed by atoms with Gasteiger partial charge in [-0.3, -0.25) is 9.97 Å². The second kappa shape index (κ2) is 1.94. The number of aromatic nitrogens is 2. The zero-order valence-electron chi connectivity index (χ0n) is 5.05. The third kappa shape index (κ3) is 1.06. The number of hydrogen-bond donors (Lipinski definition) is 0. The van der Waals surface area contributed by atoms with E-state index in [-0.39, 0.29) is 0 Å². The van der Waals surface area contributed by atoms with Crippen LogP contribution in [0.4, 0.5) is 0 Å². The van der Waals surface area contributed by atoms with Gasteiger partial charge in [0.1, 0.15) is 0 Å². The van der Waals surface area contributed by atoms with Crippen LogP contribution in [0.15, 0.2) is 12.4 Å². The van der Waals surface area contributed by atoms with Crippen LogP contribution in [0.1, 0.15) is 5.69 Å². The van der Waals surface area contributed by atoms with Crippen LogP contribution in [0.25, 0.3) is 0 Å². The van der Waals surface area contributed by atoms with Gasteiger partial charge in [-0.2, -0.15) is 0 Å². The normalized spacial score (nSPS) is 9.12. The Balaban J connectivity index is 3.03. The summed E-state index contributed by atoms with van der Waals surface area (Å²) < 4.78 is 0. The van der Waals surface area contributed by atoms with Crippen molar-refractivity contribution >= 4 is 13.4 Å². The zero-order valence-corrected chi connectivity index (χ0v) is 5.05. The Kier molecular flexibility index (Phi) is 1.28.